The van der Waals surface area contributed by atoms with Crippen molar-refractivity contribution in [3.63, 3.8) is 0 Å². The summed E-state index contributed by atoms with van der Waals surface area (Å²) < 4.78 is 15.8. The normalized spacial score (nSPS) is 11.2. The standard InChI is InChI=1S/C16H13Cl2FN2/c1-10-4-2-3-5-14(10)21-15-9-12(19)11(18)8-13(15)20-16(21)6-7-17/h2-5,8-9H,6-7H2,1H3. The van der Waals surface area contributed by atoms with E-state index in [1.165, 1.54) is 6.07 Å². The van der Waals surface area contributed by atoms with Gasteiger partial charge in [-0.1, -0.05) is 29.8 Å². The van der Waals surface area contributed by atoms with Gasteiger partial charge in [0.15, 0.2) is 0 Å². The molecule has 1 aromatic heterocycles. The molecule has 0 saturated heterocycles. The smallest absolute Gasteiger partial charge is 0.144 e. The molecule has 0 aliphatic carbocycles. The first-order valence-corrected chi connectivity index (χ1v) is 7.51. The van der Waals surface area contributed by atoms with E-state index in [0.29, 0.717) is 23.3 Å². The van der Waals surface area contributed by atoms with Crippen LogP contribution in [-0.4, -0.2) is 15.4 Å². The largest absolute Gasteiger partial charge is 0.296 e. The molecule has 0 saturated carbocycles. The van der Waals surface area contributed by atoms with Gasteiger partial charge in [-0.3, -0.25) is 4.57 Å². The summed E-state index contributed by atoms with van der Waals surface area (Å²) in [5.74, 6) is 0.804. The fourth-order valence-electron chi connectivity index (χ4n) is 2.46. The Morgan fingerprint density at radius 3 is 2.71 bits per heavy atom. The molecule has 0 amide bonds. The molecule has 3 rings (SSSR count). The lowest BCUT2D eigenvalue weighted by Gasteiger charge is -2.11. The van der Waals surface area contributed by atoms with Crippen molar-refractivity contribution in [3.05, 3.63) is 58.6 Å². The third kappa shape index (κ3) is 2.52. The molecule has 0 aliphatic rings. The Bertz CT molecular complexity index is 811. The second-order valence-corrected chi connectivity index (χ2v) is 5.63. The summed E-state index contributed by atoms with van der Waals surface area (Å²) in [6.45, 7) is 2.01. The van der Waals surface area contributed by atoms with E-state index < -0.39 is 5.82 Å². The van der Waals surface area contributed by atoms with Gasteiger partial charge in [0.1, 0.15) is 11.6 Å². The summed E-state index contributed by atoms with van der Waals surface area (Å²) in [4.78, 5) is 4.55. The zero-order valence-electron chi connectivity index (χ0n) is 11.4. The minimum atomic E-state index is -0.448. The van der Waals surface area contributed by atoms with Crippen LogP contribution in [-0.2, 0) is 6.42 Å². The molecule has 0 bridgehead atoms. The van der Waals surface area contributed by atoms with Gasteiger partial charge in [0.05, 0.1) is 21.7 Å². The molecule has 0 fully saturated rings. The minimum absolute atomic E-state index is 0.0781. The summed E-state index contributed by atoms with van der Waals surface area (Å²) in [6, 6.07) is 10.9. The molecule has 0 aliphatic heterocycles. The summed E-state index contributed by atoms with van der Waals surface area (Å²) in [6.07, 6.45) is 0.601. The van der Waals surface area contributed by atoms with Gasteiger partial charge in [-0.25, -0.2) is 9.37 Å². The van der Waals surface area contributed by atoms with Gasteiger partial charge in [0.25, 0.3) is 0 Å². The maximum atomic E-state index is 13.8. The van der Waals surface area contributed by atoms with Gasteiger partial charge >= 0.3 is 0 Å². The molecule has 2 aromatic carbocycles. The number of imidazole rings is 1. The number of halogens is 3. The number of fused-ring (bicyclic) bond motifs is 1. The van der Waals surface area contributed by atoms with Crippen LogP contribution < -0.4 is 0 Å². The maximum absolute atomic E-state index is 13.8. The zero-order valence-corrected chi connectivity index (χ0v) is 12.9. The average molecular weight is 323 g/mol. The highest BCUT2D eigenvalue weighted by Gasteiger charge is 2.15. The molecule has 2 nitrogen and oxygen atoms in total. The van der Waals surface area contributed by atoms with E-state index >= 15 is 0 Å². The Kier molecular flexibility index (Phi) is 3.87. The van der Waals surface area contributed by atoms with Crippen LogP contribution in [0.1, 0.15) is 11.4 Å². The Balaban J connectivity index is 2.35. The lowest BCUT2D eigenvalue weighted by atomic mass is 10.2. The molecular weight excluding hydrogens is 310 g/mol. The van der Waals surface area contributed by atoms with Gasteiger partial charge in [0.2, 0.25) is 0 Å². The van der Waals surface area contributed by atoms with Crippen LogP contribution in [0.4, 0.5) is 4.39 Å². The van der Waals surface area contributed by atoms with Crippen LogP contribution in [0, 0.1) is 12.7 Å². The van der Waals surface area contributed by atoms with Crippen LogP contribution in [0.3, 0.4) is 0 Å². The summed E-state index contributed by atoms with van der Waals surface area (Å²) >= 11 is 11.7. The highest BCUT2D eigenvalue weighted by atomic mass is 35.5. The fraction of sp³-hybridized carbons (Fsp3) is 0.188. The van der Waals surface area contributed by atoms with Crippen molar-refractivity contribution in [3.8, 4) is 5.69 Å². The number of alkyl halides is 1. The lowest BCUT2D eigenvalue weighted by molar-refractivity contribution is 0.629. The molecule has 0 atom stereocenters. The van der Waals surface area contributed by atoms with Crippen LogP contribution in [0.25, 0.3) is 16.7 Å². The van der Waals surface area contributed by atoms with E-state index in [2.05, 4.69) is 4.98 Å². The highest BCUT2D eigenvalue weighted by Crippen LogP contribution is 2.28. The van der Waals surface area contributed by atoms with Gasteiger partial charge < -0.3 is 0 Å². The Labute approximate surface area is 132 Å². The maximum Gasteiger partial charge on any atom is 0.144 e. The molecule has 21 heavy (non-hydrogen) atoms. The molecule has 0 unspecified atom stereocenters. The molecule has 108 valence electrons. The number of rotatable bonds is 3. The molecule has 5 heteroatoms. The molecule has 0 radical (unpaired) electrons. The first kappa shape index (κ1) is 14.4. The molecule has 3 aromatic rings. The number of aromatic nitrogens is 2. The summed E-state index contributed by atoms with van der Waals surface area (Å²) in [5, 5.41) is 0.0781. The van der Waals surface area contributed by atoms with Gasteiger partial charge in [-0.05, 0) is 24.6 Å². The number of aryl methyl sites for hydroxylation is 2. The van der Waals surface area contributed by atoms with Crippen molar-refractivity contribution >= 4 is 34.2 Å². The van der Waals surface area contributed by atoms with E-state index in [1.807, 2.05) is 35.8 Å². The second kappa shape index (κ2) is 5.66. The first-order valence-electron chi connectivity index (χ1n) is 6.60. The lowest BCUT2D eigenvalue weighted by Crippen LogP contribution is -2.04. The van der Waals surface area contributed by atoms with E-state index in [-0.39, 0.29) is 5.02 Å². The van der Waals surface area contributed by atoms with Crippen molar-refractivity contribution < 1.29 is 4.39 Å². The number of benzene rings is 2. The van der Waals surface area contributed by atoms with Gasteiger partial charge in [0, 0.05) is 18.4 Å². The van der Waals surface area contributed by atoms with Crippen molar-refractivity contribution in [1.29, 1.82) is 0 Å². The zero-order chi connectivity index (χ0) is 15.0. The number of hydrogen-bond acceptors (Lipinski definition) is 1. The Morgan fingerprint density at radius 1 is 1.24 bits per heavy atom. The number of nitrogens with zero attached hydrogens (tertiary/aromatic N) is 2. The first-order chi connectivity index (χ1) is 10.1. The van der Waals surface area contributed by atoms with E-state index in [4.69, 9.17) is 23.2 Å². The van der Waals surface area contributed by atoms with Crippen LogP contribution in [0.2, 0.25) is 5.02 Å². The molecule has 0 spiro atoms. The quantitative estimate of drug-likeness (QED) is 0.626. The van der Waals surface area contributed by atoms with Crippen molar-refractivity contribution in [2.75, 3.05) is 5.88 Å². The molecule has 1 heterocycles. The summed E-state index contributed by atoms with van der Waals surface area (Å²) in [5.41, 5.74) is 3.43. The van der Waals surface area contributed by atoms with Crippen molar-refractivity contribution in [1.82, 2.24) is 9.55 Å². The monoisotopic (exact) mass is 322 g/mol. The summed E-state index contributed by atoms with van der Waals surface area (Å²) in [7, 11) is 0. The van der Waals surface area contributed by atoms with E-state index in [1.54, 1.807) is 6.07 Å². The van der Waals surface area contributed by atoms with Crippen LogP contribution >= 0.6 is 23.2 Å². The van der Waals surface area contributed by atoms with Crippen LogP contribution in [0.15, 0.2) is 36.4 Å². The number of para-hydroxylation sites is 1. The molecular formula is C16H13Cl2FN2. The molecule has 0 N–H and O–H groups in total. The van der Waals surface area contributed by atoms with Crippen LogP contribution in [0.5, 0.6) is 0 Å². The van der Waals surface area contributed by atoms with E-state index in [9.17, 15) is 4.39 Å². The van der Waals surface area contributed by atoms with Crippen molar-refractivity contribution in [2.24, 2.45) is 0 Å². The Morgan fingerprint density at radius 2 is 2.00 bits per heavy atom. The predicted octanol–water partition coefficient (Wildman–Crippen LogP) is 4.91. The van der Waals surface area contributed by atoms with Crippen molar-refractivity contribution in [2.45, 2.75) is 13.3 Å². The third-order valence-electron chi connectivity index (χ3n) is 3.44. The Hall–Kier alpha value is -1.58. The predicted molar refractivity (Wildman–Crippen MR) is 85.2 cm³/mol. The topological polar surface area (TPSA) is 17.8 Å². The average Bonchev–Trinajstić information content (AvgIpc) is 2.78. The SMILES string of the molecule is Cc1ccccc1-n1c(CCCl)nc2cc(Cl)c(F)cc21. The van der Waals surface area contributed by atoms with E-state index in [0.717, 1.165) is 17.1 Å². The second-order valence-electron chi connectivity index (χ2n) is 4.84. The number of hydrogen-bond donors (Lipinski definition) is 0. The van der Waals surface area contributed by atoms with Gasteiger partial charge in [-0.15, -0.1) is 11.6 Å². The van der Waals surface area contributed by atoms with Gasteiger partial charge in [-0.2, -0.15) is 0 Å². The minimum Gasteiger partial charge on any atom is -0.296 e. The highest BCUT2D eigenvalue weighted by molar-refractivity contribution is 6.31. The fourth-order valence-corrected chi connectivity index (χ4v) is 2.78. The third-order valence-corrected chi connectivity index (χ3v) is 3.92.